The summed E-state index contributed by atoms with van der Waals surface area (Å²) in [6.45, 7) is 0.415. The van der Waals surface area contributed by atoms with Gasteiger partial charge in [0.25, 0.3) is 0 Å². The van der Waals surface area contributed by atoms with E-state index in [2.05, 4.69) is 10.1 Å². The largest absolute Gasteiger partial charge is 0.411 e. The fourth-order valence-corrected chi connectivity index (χ4v) is 1.80. The van der Waals surface area contributed by atoms with Crippen molar-refractivity contribution >= 4 is 18.3 Å². The molecular formula is C11H20ClF3N2O3. The summed E-state index contributed by atoms with van der Waals surface area (Å²) < 4.78 is 45.4. The molecule has 1 unspecified atom stereocenters. The zero-order chi connectivity index (χ0) is 14.5. The first-order valence-electron chi connectivity index (χ1n) is 6.12. The average molecular weight is 321 g/mol. The monoisotopic (exact) mass is 320 g/mol. The number of halogens is 4. The van der Waals surface area contributed by atoms with E-state index in [9.17, 15) is 18.0 Å². The first-order valence-corrected chi connectivity index (χ1v) is 6.12. The number of rotatable bonds is 6. The molecule has 1 fully saturated rings. The fourth-order valence-electron chi connectivity index (χ4n) is 1.80. The van der Waals surface area contributed by atoms with Gasteiger partial charge in [-0.1, -0.05) is 0 Å². The predicted molar refractivity (Wildman–Crippen MR) is 68.7 cm³/mol. The summed E-state index contributed by atoms with van der Waals surface area (Å²) in [6.07, 6.45) is -3.75. The van der Waals surface area contributed by atoms with Gasteiger partial charge in [0.2, 0.25) is 5.91 Å². The Morgan fingerprint density at radius 1 is 1.50 bits per heavy atom. The number of nitrogens with two attached hydrogens (primary N) is 1. The van der Waals surface area contributed by atoms with Gasteiger partial charge < -0.3 is 20.5 Å². The van der Waals surface area contributed by atoms with Gasteiger partial charge in [-0.3, -0.25) is 4.79 Å². The van der Waals surface area contributed by atoms with Gasteiger partial charge in [0.1, 0.15) is 12.7 Å². The van der Waals surface area contributed by atoms with E-state index in [1.165, 1.54) is 0 Å². The van der Waals surface area contributed by atoms with Crippen molar-refractivity contribution in [1.82, 2.24) is 5.32 Å². The summed E-state index contributed by atoms with van der Waals surface area (Å²) in [5.41, 5.74) is 5.42. The van der Waals surface area contributed by atoms with Crippen LogP contribution in [0.5, 0.6) is 0 Å². The minimum Gasteiger partial charge on any atom is -0.370 e. The van der Waals surface area contributed by atoms with Crippen LogP contribution in [0, 0.1) is 0 Å². The number of carbonyl (C=O) groups excluding carboxylic acids is 1. The van der Waals surface area contributed by atoms with Crippen LogP contribution in [0.25, 0.3) is 0 Å². The lowest BCUT2D eigenvalue weighted by molar-refractivity contribution is -0.175. The molecule has 0 aromatic carbocycles. The highest BCUT2D eigenvalue weighted by molar-refractivity contribution is 5.85. The molecule has 0 aromatic rings. The molecule has 0 radical (unpaired) electrons. The van der Waals surface area contributed by atoms with Crippen LogP contribution in [0.3, 0.4) is 0 Å². The summed E-state index contributed by atoms with van der Waals surface area (Å²) >= 11 is 0. The Balaban J connectivity index is 0.00000361. The molecular weight excluding hydrogens is 301 g/mol. The second kappa shape index (κ2) is 8.66. The molecule has 1 aliphatic heterocycles. The zero-order valence-corrected chi connectivity index (χ0v) is 11.9. The molecule has 0 aromatic heterocycles. The maximum absolute atomic E-state index is 11.9. The lowest BCUT2D eigenvalue weighted by Gasteiger charge is -2.18. The molecule has 0 saturated carbocycles. The number of nitrogens with one attached hydrogen (secondary N) is 1. The summed E-state index contributed by atoms with van der Waals surface area (Å²) in [6, 6.07) is -0.504. The van der Waals surface area contributed by atoms with Crippen molar-refractivity contribution in [2.75, 3.05) is 19.8 Å². The van der Waals surface area contributed by atoms with Crippen LogP contribution >= 0.6 is 12.4 Å². The molecule has 1 saturated heterocycles. The molecule has 1 aliphatic rings. The molecule has 0 aliphatic carbocycles. The molecule has 0 bridgehead atoms. The molecule has 1 heterocycles. The van der Waals surface area contributed by atoms with Crippen LogP contribution < -0.4 is 11.1 Å². The van der Waals surface area contributed by atoms with Crippen molar-refractivity contribution in [2.45, 2.75) is 44.2 Å². The van der Waals surface area contributed by atoms with Crippen LogP contribution in [-0.2, 0) is 14.3 Å². The molecule has 3 N–H and O–H groups in total. The van der Waals surface area contributed by atoms with Gasteiger partial charge in [0.05, 0.1) is 12.7 Å². The van der Waals surface area contributed by atoms with Gasteiger partial charge in [-0.15, -0.1) is 12.4 Å². The van der Waals surface area contributed by atoms with Crippen molar-refractivity contribution in [2.24, 2.45) is 5.73 Å². The van der Waals surface area contributed by atoms with Crippen molar-refractivity contribution in [3.63, 3.8) is 0 Å². The lowest BCUT2D eigenvalue weighted by Crippen LogP contribution is -2.42. The van der Waals surface area contributed by atoms with Crippen molar-refractivity contribution in [3.05, 3.63) is 0 Å². The van der Waals surface area contributed by atoms with Crippen molar-refractivity contribution < 1.29 is 27.4 Å². The third kappa shape index (κ3) is 7.28. The van der Waals surface area contributed by atoms with Crippen molar-refractivity contribution in [1.29, 1.82) is 0 Å². The maximum atomic E-state index is 11.9. The molecule has 5 nitrogen and oxygen atoms in total. The number of hydrogen-bond acceptors (Lipinski definition) is 4. The summed E-state index contributed by atoms with van der Waals surface area (Å²) in [5, 5.41) is 2.56. The fraction of sp³-hybridized carbons (Fsp3) is 0.909. The van der Waals surface area contributed by atoms with E-state index in [1.54, 1.807) is 6.92 Å². The standard InChI is InChI=1S/C11H19F3N2O3.ClH/c1-7(5-18-6-11(12,13)14)16-10(17)9-3-2-8(4-15)19-9;/h7-9H,2-6,15H2,1H3,(H,16,17);1H/t7?,8-,9+;/m1./s1. The molecule has 3 atom stereocenters. The van der Waals surface area contributed by atoms with Gasteiger partial charge in [-0.25, -0.2) is 0 Å². The Bertz CT molecular complexity index is 305. The first kappa shape index (κ1) is 19.4. The van der Waals surface area contributed by atoms with Gasteiger partial charge in [0.15, 0.2) is 0 Å². The predicted octanol–water partition coefficient (Wildman–Crippen LogP) is 0.998. The Morgan fingerprint density at radius 3 is 2.65 bits per heavy atom. The van der Waals surface area contributed by atoms with Crippen LogP contribution in [0.15, 0.2) is 0 Å². The average Bonchev–Trinajstić information content (AvgIpc) is 2.75. The number of alkyl halides is 3. The second-order valence-electron chi connectivity index (χ2n) is 4.60. The van der Waals surface area contributed by atoms with E-state index in [4.69, 9.17) is 10.5 Å². The highest BCUT2D eigenvalue weighted by Crippen LogP contribution is 2.19. The number of ether oxygens (including phenoxy) is 2. The molecule has 1 rings (SSSR count). The van der Waals surface area contributed by atoms with E-state index in [0.717, 1.165) is 0 Å². The maximum Gasteiger partial charge on any atom is 0.411 e. The topological polar surface area (TPSA) is 73.6 Å². The normalized spacial score (nSPS) is 24.1. The molecule has 120 valence electrons. The SMILES string of the molecule is CC(COCC(F)(F)F)NC(=O)[C@@H]1CC[C@H](CN)O1.Cl. The highest BCUT2D eigenvalue weighted by Gasteiger charge is 2.31. The van der Waals surface area contributed by atoms with Crippen molar-refractivity contribution in [3.8, 4) is 0 Å². The minimum atomic E-state index is -4.35. The van der Waals surface area contributed by atoms with E-state index < -0.39 is 24.9 Å². The van der Waals surface area contributed by atoms with Crippen LogP contribution in [0.1, 0.15) is 19.8 Å². The quantitative estimate of drug-likeness (QED) is 0.765. The Morgan fingerprint density at radius 2 is 2.15 bits per heavy atom. The summed E-state index contributed by atoms with van der Waals surface area (Å²) in [7, 11) is 0. The zero-order valence-electron chi connectivity index (χ0n) is 11.1. The van der Waals surface area contributed by atoms with Gasteiger partial charge in [-0.05, 0) is 19.8 Å². The number of carbonyl (C=O) groups is 1. The number of amides is 1. The Hall–Kier alpha value is -0.570. The third-order valence-electron chi connectivity index (χ3n) is 2.69. The van der Waals surface area contributed by atoms with E-state index in [1.807, 2.05) is 0 Å². The second-order valence-corrected chi connectivity index (χ2v) is 4.60. The van der Waals surface area contributed by atoms with Crippen LogP contribution in [0.2, 0.25) is 0 Å². The minimum absolute atomic E-state index is 0. The van der Waals surface area contributed by atoms with Gasteiger partial charge in [-0.2, -0.15) is 13.2 Å². The third-order valence-corrected chi connectivity index (χ3v) is 2.69. The van der Waals surface area contributed by atoms with E-state index in [0.29, 0.717) is 19.4 Å². The molecule has 20 heavy (non-hydrogen) atoms. The smallest absolute Gasteiger partial charge is 0.370 e. The Kier molecular flexibility index (Phi) is 8.41. The Labute approximate surface area is 121 Å². The first-order chi connectivity index (χ1) is 8.81. The van der Waals surface area contributed by atoms with E-state index >= 15 is 0 Å². The number of hydrogen-bond donors (Lipinski definition) is 2. The van der Waals surface area contributed by atoms with E-state index in [-0.39, 0.29) is 31.0 Å². The highest BCUT2D eigenvalue weighted by atomic mass is 35.5. The molecule has 1 amide bonds. The van der Waals surface area contributed by atoms with Crippen LogP contribution in [0.4, 0.5) is 13.2 Å². The summed E-state index contributed by atoms with van der Waals surface area (Å²) in [5.74, 6) is -0.334. The van der Waals surface area contributed by atoms with Gasteiger partial charge >= 0.3 is 6.18 Å². The molecule has 9 heteroatoms. The van der Waals surface area contributed by atoms with Gasteiger partial charge in [0, 0.05) is 12.6 Å². The van der Waals surface area contributed by atoms with Crippen LogP contribution in [-0.4, -0.2) is 50.1 Å². The summed E-state index contributed by atoms with van der Waals surface area (Å²) in [4.78, 5) is 11.7. The lowest BCUT2D eigenvalue weighted by atomic mass is 10.2. The molecule has 0 spiro atoms.